The summed E-state index contributed by atoms with van der Waals surface area (Å²) in [4.78, 5) is 12.5. The maximum absolute atomic E-state index is 12.5. The molecular formula is C17H20N6OS. The summed E-state index contributed by atoms with van der Waals surface area (Å²) in [7, 11) is 0. The molecular weight excluding hydrogens is 336 g/mol. The minimum absolute atomic E-state index is 0.283. The molecule has 0 atom stereocenters. The number of amides is 1. The summed E-state index contributed by atoms with van der Waals surface area (Å²) in [5.74, 6) is -0.325. The molecule has 0 spiro atoms. The number of hydrogen-bond acceptors (Lipinski definition) is 6. The first-order valence-electron chi connectivity index (χ1n) is 8.21. The van der Waals surface area contributed by atoms with Crippen LogP contribution in [0.3, 0.4) is 0 Å². The van der Waals surface area contributed by atoms with Crippen molar-refractivity contribution in [2.45, 2.75) is 40.0 Å². The summed E-state index contributed by atoms with van der Waals surface area (Å²) < 4.78 is 1.65. The number of aryl methyl sites for hydroxylation is 2. The monoisotopic (exact) mass is 356 g/mol. The second-order valence-corrected chi connectivity index (χ2v) is 6.89. The van der Waals surface area contributed by atoms with Crippen molar-refractivity contribution in [1.29, 1.82) is 0 Å². The van der Waals surface area contributed by atoms with Gasteiger partial charge in [0.15, 0.2) is 5.69 Å². The van der Waals surface area contributed by atoms with Crippen molar-refractivity contribution < 1.29 is 4.79 Å². The smallest absolute Gasteiger partial charge is 0.279 e. The van der Waals surface area contributed by atoms with Crippen LogP contribution >= 0.6 is 11.3 Å². The van der Waals surface area contributed by atoms with E-state index in [1.165, 1.54) is 11.3 Å². The molecule has 130 valence electrons. The summed E-state index contributed by atoms with van der Waals surface area (Å²) in [6.45, 7) is 5.97. The maximum atomic E-state index is 12.5. The van der Waals surface area contributed by atoms with Crippen molar-refractivity contribution in [2.75, 3.05) is 5.32 Å². The minimum Gasteiger partial charge on any atom is -0.295 e. The van der Waals surface area contributed by atoms with Gasteiger partial charge in [0.1, 0.15) is 5.01 Å². The lowest BCUT2D eigenvalue weighted by Gasteiger charge is -2.04. The maximum Gasteiger partial charge on any atom is 0.279 e. The zero-order valence-electron chi connectivity index (χ0n) is 14.5. The number of aromatic nitrogens is 5. The number of hydrogen-bond donors (Lipinski definition) is 1. The number of anilines is 1. The standard InChI is InChI=1S/C17H20N6OS/c1-4-5-6-14-19-21-17(25-14)18-16(24)15-12(3)23(22-20-15)13-9-7-11(2)8-10-13/h7-10H,4-6H2,1-3H3,(H,18,21,24). The molecule has 2 heterocycles. The van der Waals surface area contributed by atoms with Crippen LogP contribution in [-0.4, -0.2) is 31.1 Å². The highest BCUT2D eigenvalue weighted by Gasteiger charge is 2.19. The van der Waals surface area contributed by atoms with Crippen LogP contribution in [0, 0.1) is 13.8 Å². The van der Waals surface area contributed by atoms with Gasteiger partial charge in [-0.15, -0.1) is 15.3 Å². The van der Waals surface area contributed by atoms with Crippen LogP contribution in [0.15, 0.2) is 24.3 Å². The van der Waals surface area contributed by atoms with E-state index in [2.05, 4.69) is 32.7 Å². The van der Waals surface area contributed by atoms with Crippen LogP contribution in [0.5, 0.6) is 0 Å². The van der Waals surface area contributed by atoms with E-state index in [0.29, 0.717) is 10.8 Å². The molecule has 3 rings (SSSR count). The Balaban J connectivity index is 1.74. The Morgan fingerprint density at radius 1 is 1.16 bits per heavy atom. The zero-order valence-corrected chi connectivity index (χ0v) is 15.3. The number of carbonyl (C=O) groups excluding carboxylic acids is 1. The fourth-order valence-electron chi connectivity index (χ4n) is 2.36. The molecule has 1 N–H and O–H groups in total. The Morgan fingerprint density at radius 3 is 2.64 bits per heavy atom. The average Bonchev–Trinajstić information content (AvgIpc) is 3.20. The van der Waals surface area contributed by atoms with E-state index in [1.807, 2.05) is 38.1 Å². The number of rotatable bonds is 6. The second-order valence-electron chi connectivity index (χ2n) is 5.83. The lowest BCUT2D eigenvalue weighted by molar-refractivity contribution is 0.102. The molecule has 0 radical (unpaired) electrons. The van der Waals surface area contributed by atoms with Gasteiger partial charge in [-0.25, -0.2) is 4.68 Å². The Morgan fingerprint density at radius 2 is 1.92 bits per heavy atom. The molecule has 1 aromatic carbocycles. The van der Waals surface area contributed by atoms with Crippen LogP contribution in [0.2, 0.25) is 0 Å². The average molecular weight is 356 g/mol. The Hall–Kier alpha value is -2.61. The summed E-state index contributed by atoms with van der Waals surface area (Å²) in [6, 6.07) is 7.89. The largest absolute Gasteiger partial charge is 0.295 e. The fraction of sp³-hybridized carbons (Fsp3) is 0.353. The van der Waals surface area contributed by atoms with Crippen molar-refractivity contribution in [3.05, 3.63) is 46.2 Å². The van der Waals surface area contributed by atoms with E-state index in [1.54, 1.807) is 4.68 Å². The van der Waals surface area contributed by atoms with Gasteiger partial charge >= 0.3 is 0 Å². The molecule has 3 aromatic rings. The van der Waals surface area contributed by atoms with Gasteiger partial charge in [0.25, 0.3) is 5.91 Å². The predicted octanol–water partition coefficient (Wildman–Crippen LogP) is 3.33. The second kappa shape index (κ2) is 7.52. The Kier molecular flexibility index (Phi) is 5.18. The predicted molar refractivity (Wildman–Crippen MR) is 97.3 cm³/mol. The molecule has 1 amide bonds. The molecule has 8 heteroatoms. The number of carbonyl (C=O) groups is 1. The van der Waals surface area contributed by atoms with Crippen LogP contribution < -0.4 is 5.32 Å². The van der Waals surface area contributed by atoms with E-state index in [4.69, 9.17) is 0 Å². The molecule has 0 unspecified atom stereocenters. The lowest BCUT2D eigenvalue weighted by Crippen LogP contribution is -2.14. The van der Waals surface area contributed by atoms with Gasteiger partial charge in [-0.1, -0.05) is 47.6 Å². The number of benzene rings is 1. The van der Waals surface area contributed by atoms with Crippen molar-refractivity contribution in [1.82, 2.24) is 25.2 Å². The zero-order chi connectivity index (χ0) is 17.8. The van der Waals surface area contributed by atoms with Crippen LogP contribution in [0.1, 0.15) is 46.5 Å². The van der Waals surface area contributed by atoms with Gasteiger partial charge in [0.05, 0.1) is 11.4 Å². The molecule has 0 aliphatic carbocycles. The highest BCUT2D eigenvalue weighted by atomic mass is 32.1. The van der Waals surface area contributed by atoms with Crippen LogP contribution in [-0.2, 0) is 6.42 Å². The molecule has 0 saturated heterocycles. The normalized spacial score (nSPS) is 10.8. The van der Waals surface area contributed by atoms with Crippen molar-refractivity contribution >= 4 is 22.4 Å². The van der Waals surface area contributed by atoms with Crippen molar-refractivity contribution in [3.63, 3.8) is 0 Å². The highest BCUT2D eigenvalue weighted by Crippen LogP contribution is 2.19. The number of unbranched alkanes of at least 4 members (excludes halogenated alkanes) is 1. The first kappa shape index (κ1) is 17.2. The van der Waals surface area contributed by atoms with Crippen molar-refractivity contribution in [2.24, 2.45) is 0 Å². The van der Waals surface area contributed by atoms with Crippen LogP contribution in [0.25, 0.3) is 5.69 Å². The Bertz CT molecular complexity index is 868. The van der Waals surface area contributed by atoms with E-state index < -0.39 is 0 Å². The molecule has 2 aromatic heterocycles. The summed E-state index contributed by atoms with van der Waals surface area (Å²) in [6.07, 6.45) is 3.04. The quantitative estimate of drug-likeness (QED) is 0.732. The highest BCUT2D eigenvalue weighted by molar-refractivity contribution is 7.15. The third-order valence-electron chi connectivity index (χ3n) is 3.82. The van der Waals surface area contributed by atoms with Gasteiger partial charge in [-0.05, 0) is 32.4 Å². The molecule has 0 saturated carbocycles. The first-order valence-corrected chi connectivity index (χ1v) is 9.03. The molecule has 0 aliphatic heterocycles. The van der Waals surface area contributed by atoms with Gasteiger partial charge in [0, 0.05) is 6.42 Å². The van der Waals surface area contributed by atoms with Gasteiger partial charge in [-0.2, -0.15) is 0 Å². The van der Waals surface area contributed by atoms with E-state index in [-0.39, 0.29) is 11.6 Å². The lowest BCUT2D eigenvalue weighted by atomic mass is 10.2. The number of nitrogens with zero attached hydrogens (tertiary/aromatic N) is 5. The molecule has 7 nitrogen and oxygen atoms in total. The third kappa shape index (κ3) is 3.90. The van der Waals surface area contributed by atoms with E-state index in [9.17, 15) is 4.79 Å². The number of nitrogens with one attached hydrogen (secondary N) is 1. The molecule has 0 aliphatic rings. The van der Waals surface area contributed by atoms with Gasteiger partial charge in [0.2, 0.25) is 5.13 Å². The molecule has 0 fully saturated rings. The summed E-state index contributed by atoms with van der Waals surface area (Å²) in [5, 5.41) is 20.4. The first-order chi connectivity index (χ1) is 12.1. The Labute approximate surface area is 150 Å². The van der Waals surface area contributed by atoms with Crippen molar-refractivity contribution in [3.8, 4) is 5.69 Å². The SMILES string of the molecule is CCCCc1nnc(NC(=O)c2nnn(-c3ccc(C)cc3)c2C)s1. The molecule has 0 bridgehead atoms. The fourth-order valence-corrected chi connectivity index (χ4v) is 3.14. The van der Waals surface area contributed by atoms with Crippen LogP contribution in [0.4, 0.5) is 5.13 Å². The molecule has 25 heavy (non-hydrogen) atoms. The van der Waals surface area contributed by atoms with Gasteiger partial charge in [-0.3, -0.25) is 10.1 Å². The van der Waals surface area contributed by atoms with Gasteiger partial charge < -0.3 is 0 Å². The van der Waals surface area contributed by atoms with E-state index in [0.717, 1.165) is 35.5 Å². The summed E-state index contributed by atoms with van der Waals surface area (Å²) in [5.41, 5.74) is 2.99. The van der Waals surface area contributed by atoms with E-state index >= 15 is 0 Å². The third-order valence-corrected chi connectivity index (χ3v) is 4.72. The summed E-state index contributed by atoms with van der Waals surface area (Å²) >= 11 is 1.40. The topological polar surface area (TPSA) is 85.6 Å². The minimum atomic E-state index is -0.325.